The Balaban J connectivity index is 0.000000172. The molecule has 0 radical (unpaired) electrons. The molecule has 3 rings (SSSR count). The average Bonchev–Trinajstić information content (AvgIpc) is 2.49. The molecule has 1 aliphatic rings. The van der Waals surface area contributed by atoms with Gasteiger partial charge in [0.1, 0.15) is 11.6 Å². The van der Waals surface area contributed by atoms with E-state index in [0.717, 1.165) is 5.92 Å². The molecule has 0 bridgehead atoms. The molecule has 122 valence electrons. The van der Waals surface area contributed by atoms with Gasteiger partial charge in [-0.3, -0.25) is 0 Å². The summed E-state index contributed by atoms with van der Waals surface area (Å²) < 4.78 is 0. The second-order valence-electron chi connectivity index (χ2n) is 5.69. The predicted octanol–water partition coefficient (Wildman–Crippen LogP) is 3.79. The smallest absolute Gasteiger partial charge is 0.354 e. The number of hydrogen-bond donors (Lipinski definition) is 2. The van der Waals surface area contributed by atoms with Crippen molar-refractivity contribution in [2.75, 3.05) is 12.4 Å². The lowest BCUT2D eigenvalue weighted by Crippen LogP contribution is -2.09. The van der Waals surface area contributed by atoms with Crippen LogP contribution in [0.15, 0.2) is 30.3 Å². The number of rotatable bonds is 3. The second-order valence-corrected chi connectivity index (χ2v) is 5.69. The number of aryl methyl sites for hydroxylation is 1. The van der Waals surface area contributed by atoms with Crippen LogP contribution < -0.4 is 5.32 Å². The van der Waals surface area contributed by atoms with E-state index in [0.29, 0.717) is 17.2 Å². The number of anilines is 1. The number of nitrogens with one attached hydrogen (secondary N) is 1. The number of aromatic nitrogens is 2. The number of carboxylic acid groups (broad SMARTS) is 1. The third kappa shape index (κ3) is 4.28. The molecule has 1 aromatic heterocycles. The van der Waals surface area contributed by atoms with Crippen LogP contribution in [0.2, 0.25) is 0 Å². The van der Waals surface area contributed by atoms with Crippen LogP contribution >= 0.6 is 0 Å². The molecule has 23 heavy (non-hydrogen) atoms. The first-order chi connectivity index (χ1) is 11.0. The van der Waals surface area contributed by atoms with Crippen LogP contribution in [-0.2, 0) is 0 Å². The highest BCUT2D eigenvalue weighted by Crippen LogP contribution is 2.35. The molecule has 1 heterocycles. The van der Waals surface area contributed by atoms with Gasteiger partial charge in [-0.15, -0.1) is 0 Å². The molecule has 0 amide bonds. The van der Waals surface area contributed by atoms with Crippen LogP contribution in [-0.4, -0.2) is 28.1 Å². The normalized spacial score (nSPS) is 13.5. The fourth-order valence-electron chi connectivity index (χ4n) is 2.55. The molecule has 0 atom stereocenters. The summed E-state index contributed by atoms with van der Waals surface area (Å²) in [5.41, 5.74) is 2.14. The van der Waals surface area contributed by atoms with Crippen LogP contribution in [0.1, 0.15) is 52.6 Å². The van der Waals surface area contributed by atoms with Crippen molar-refractivity contribution in [3.05, 3.63) is 53.0 Å². The summed E-state index contributed by atoms with van der Waals surface area (Å²) in [6, 6.07) is 10.8. The molecule has 2 aromatic rings. The summed E-state index contributed by atoms with van der Waals surface area (Å²) >= 11 is 0. The Bertz CT molecular complexity index is 667. The third-order valence-electron chi connectivity index (χ3n) is 4.07. The largest absolute Gasteiger partial charge is 0.476 e. The van der Waals surface area contributed by atoms with Gasteiger partial charge >= 0.3 is 5.97 Å². The molecule has 1 aliphatic carbocycles. The Morgan fingerprint density at radius 2 is 1.83 bits per heavy atom. The number of hydrogen-bond acceptors (Lipinski definition) is 4. The van der Waals surface area contributed by atoms with E-state index in [-0.39, 0.29) is 5.69 Å². The Morgan fingerprint density at radius 1 is 1.17 bits per heavy atom. The Hall–Kier alpha value is -2.43. The molecule has 0 spiro atoms. The molecule has 1 aromatic carbocycles. The van der Waals surface area contributed by atoms with Crippen molar-refractivity contribution in [3.63, 3.8) is 0 Å². The number of benzene rings is 1. The summed E-state index contributed by atoms with van der Waals surface area (Å²) in [4.78, 5) is 18.6. The SMILES string of the molecule is CNc1nc(C)nc(C(=O)O)c1C.c1ccc(C2CCC2)cc1. The van der Waals surface area contributed by atoms with Crippen molar-refractivity contribution < 1.29 is 9.90 Å². The highest BCUT2D eigenvalue weighted by Gasteiger charge is 2.18. The van der Waals surface area contributed by atoms with Gasteiger partial charge in [0.25, 0.3) is 0 Å². The van der Waals surface area contributed by atoms with Crippen LogP contribution in [0.4, 0.5) is 5.82 Å². The molecule has 5 heteroatoms. The molecule has 0 aliphatic heterocycles. The monoisotopic (exact) mass is 313 g/mol. The predicted molar refractivity (Wildman–Crippen MR) is 91.0 cm³/mol. The first-order valence-electron chi connectivity index (χ1n) is 7.84. The van der Waals surface area contributed by atoms with Crippen molar-refractivity contribution in [3.8, 4) is 0 Å². The van der Waals surface area contributed by atoms with Gasteiger partial charge in [-0.1, -0.05) is 36.8 Å². The topological polar surface area (TPSA) is 75.1 Å². The van der Waals surface area contributed by atoms with Gasteiger partial charge in [0.2, 0.25) is 0 Å². The maximum Gasteiger partial charge on any atom is 0.354 e. The molecule has 2 N–H and O–H groups in total. The zero-order valence-electron chi connectivity index (χ0n) is 13.8. The number of carboxylic acids is 1. The lowest BCUT2D eigenvalue weighted by atomic mass is 9.80. The van der Waals surface area contributed by atoms with E-state index >= 15 is 0 Å². The molecular weight excluding hydrogens is 290 g/mol. The van der Waals surface area contributed by atoms with Gasteiger partial charge < -0.3 is 10.4 Å². The van der Waals surface area contributed by atoms with E-state index in [4.69, 9.17) is 5.11 Å². The van der Waals surface area contributed by atoms with E-state index in [1.165, 1.54) is 24.8 Å². The number of carbonyl (C=O) groups is 1. The van der Waals surface area contributed by atoms with E-state index in [9.17, 15) is 4.79 Å². The van der Waals surface area contributed by atoms with Gasteiger partial charge in [0.15, 0.2) is 5.69 Å². The van der Waals surface area contributed by atoms with E-state index in [2.05, 4.69) is 45.6 Å². The molecule has 5 nitrogen and oxygen atoms in total. The van der Waals surface area contributed by atoms with Crippen LogP contribution in [0.3, 0.4) is 0 Å². The zero-order valence-corrected chi connectivity index (χ0v) is 13.8. The van der Waals surface area contributed by atoms with Crippen molar-refractivity contribution in [2.45, 2.75) is 39.0 Å². The van der Waals surface area contributed by atoms with Crippen LogP contribution in [0.5, 0.6) is 0 Å². The van der Waals surface area contributed by atoms with Crippen molar-refractivity contribution >= 4 is 11.8 Å². The number of nitrogens with zero attached hydrogens (tertiary/aromatic N) is 2. The van der Waals surface area contributed by atoms with E-state index in [1.807, 2.05) is 0 Å². The minimum absolute atomic E-state index is 0.0526. The fraction of sp³-hybridized carbons (Fsp3) is 0.389. The van der Waals surface area contributed by atoms with Crippen molar-refractivity contribution in [1.82, 2.24) is 9.97 Å². The Morgan fingerprint density at radius 3 is 2.30 bits per heavy atom. The summed E-state index contributed by atoms with van der Waals surface area (Å²) in [5, 5.41) is 11.6. The van der Waals surface area contributed by atoms with Crippen LogP contribution in [0.25, 0.3) is 0 Å². The molecule has 1 fully saturated rings. The molecular formula is C18H23N3O2. The third-order valence-corrected chi connectivity index (χ3v) is 4.07. The summed E-state index contributed by atoms with van der Waals surface area (Å²) in [6.45, 7) is 3.33. The molecule has 0 saturated heterocycles. The maximum absolute atomic E-state index is 10.7. The molecule has 0 unspecified atom stereocenters. The van der Waals surface area contributed by atoms with Gasteiger partial charge in [0, 0.05) is 12.6 Å². The lowest BCUT2D eigenvalue weighted by molar-refractivity contribution is 0.0689. The quantitative estimate of drug-likeness (QED) is 0.901. The average molecular weight is 313 g/mol. The minimum atomic E-state index is -1.03. The van der Waals surface area contributed by atoms with Crippen molar-refractivity contribution in [1.29, 1.82) is 0 Å². The first-order valence-corrected chi connectivity index (χ1v) is 7.84. The fourth-order valence-corrected chi connectivity index (χ4v) is 2.55. The van der Waals surface area contributed by atoms with Crippen molar-refractivity contribution in [2.24, 2.45) is 0 Å². The Kier molecular flexibility index (Phi) is 5.68. The summed E-state index contributed by atoms with van der Waals surface area (Å²) in [7, 11) is 1.69. The first kappa shape index (κ1) is 16.9. The van der Waals surface area contributed by atoms with Gasteiger partial charge in [-0.05, 0) is 38.2 Å². The Labute approximate surface area is 136 Å². The number of aromatic carboxylic acids is 1. The molecule has 1 saturated carbocycles. The zero-order chi connectivity index (χ0) is 16.8. The maximum atomic E-state index is 10.7. The van der Waals surface area contributed by atoms with Gasteiger partial charge in [-0.25, -0.2) is 14.8 Å². The van der Waals surface area contributed by atoms with Gasteiger partial charge in [-0.2, -0.15) is 0 Å². The van der Waals surface area contributed by atoms with E-state index in [1.54, 1.807) is 20.9 Å². The van der Waals surface area contributed by atoms with Gasteiger partial charge in [0.05, 0.1) is 0 Å². The summed E-state index contributed by atoms with van der Waals surface area (Å²) in [6.07, 6.45) is 4.24. The van der Waals surface area contributed by atoms with E-state index < -0.39 is 5.97 Å². The van der Waals surface area contributed by atoms with Crippen LogP contribution in [0, 0.1) is 13.8 Å². The summed E-state index contributed by atoms with van der Waals surface area (Å²) in [5.74, 6) is 0.873. The highest BCUT2D eigenvalue weighted by atomic mass is 16.4. The second kappa shape index (κ2) is 7.72. The minimum Gasteiger partial charge on any atom is -0.476 e. The lowest BCUT2D eigenvalue weighted by Gasteiger charge is -2.25. The highest BCUT2D eigenvalue weighted by molar-refractivity contribution is 5.88. The standard InChI is InChI=1S/C10H12.C8H11N3O2/c1-2-5-9(6-3-1)10-7-4-8-10;1-4-6(8(12)13)10-5(2)11-7(4)9-3/h1-3,5-6,10H,4,7-8H2;1-3H3,(H,12,13)(H,9,10,11).